The van der Waals surface area contributed by atoms with E-state index in [9.17, 15) is 10.4 Å². The van der Waals surface area contributed by atoms with E-state index in [-0.39, 0.29) is 19.5 Å². The second-order valence-corrected chi connectivity index (χ2v) is 13.1. The number of anilines is 1. The van der Waals surface area contributed by atoms with Gasteiger partial charge in [0.15, 0.2) is 0 Å². The molecule has 7 aromatic rings. The van der Waals surface area contributed by atoms with Gasteiger partial charge in [0.25, 0.3) is 0 Å². The molecule has 1 aliphatic rings. The molecule has 0 radical (unpaired) electrons. The zero-order valence-electron chi connectivity index (χ0n) is 36.1. The molecule has 6 aromatic heterocycles. The van der Waals surface area contributed by atoms with Gasteiger partial charge in [0.05, 0.1) is 40.3 Å². The van der Waals surface area contributed by atoms with Gasteiger partial charge in [-0.1, -0.05) is 24.3 Å². The van der Waals surface area contributed by atoms with Gasteiger partial charge in [-0.05, 0) is 135 Å². The Hall–Kier alpha value is -7.25. The third-order valence-corrected chi connectivity index (χ3v) is 9.13. The number of hydrogen-bond donors (Lipinski definition) is 1. The van der Waals surface area contributed by atoms with Crippen molar-refractivity contribution >= 4 is 16.8 Å². The van der Waals surface area contributed by atoms with Crippen molar-refractivity contribution < 1.29 is 29.3 Å². The summed E-state index contributed by atoms with van der Waals surface area (Å²) < 4.78 is 6.27. The summed E-state index contributed by atoms with van der Waals surface area (Å²) in [5.74, 6) is 1.03. The summed E-state index contributed by atoms with van der Waals surface area (Å²) in [5.41, 5.74) is 9.77. The molecule has 7 heterocycles. The molecule has 8 rings (SSSR count). The van der Waals surface area contributed by atoms with Crippen molar-refractivity contribution in [2.75, 3.05) is 18.0 Å². The molecular formula is C52H52N8O2Ru. The number of aliphatic hydroxyl groups is 1. The molecule has 1 aromatic carbocycles. The minimum atomic E-state index is -0.721. The van der Waals surface area contributed by atoms with Gasteiger partial charge < -0.3 is 14.7 Å². The van der Waals surface area contributed by atoms with Crippen molar-refractivity contribution in [2.24, 2.45) is 0 Å². The fourth-order valence-electron chi connectivity index (χ4n) is 6.18. The van der Waals surface area contributed by atoms with Crippen LogP contribution in [0.5, 0.6) is 5.75 Å². The van der Waals surface area contributed by atoms with Crippen LogP contribution < -0.4 is 9.64 Å². The average Bonchev–Trinajstić information content (AvgIpc) is 3.35. The van der Waals surface area contributed by atoms with Gasteiger partial charge in [-0.15, -0.1) is 26.3 Å². The predicted octanol–water partition coefficient (Wildman–Crippen LogP) is 11.3. The number of fused-ring (bicyclic) bond motifs is 1. The molecule has 0 bridgehead atoms. The first-order valence-corrected chi connectivity index (χ1v) is 20.0. The van der Waals surface area contributed by atoms with Crippen molar-refractivity contribution in [3.63, 3.8) is 0 Å². The quantitative estimate of drug-likeness (QED) is 0.0892. The molecule has 0 saturated carbocycles. The van der Waals surface area contributed by atoms with Gasteiger partial charge in [0.2, 0.25) is 0 Å². The molecule has 0 spiro atoms. The summed E-state index contributed by atoms with van der Waals surface area (Å²) >= 11 is 0. The Morgan fingerprint density at radius 2 is 1.10 bits per heavy atom. The Labute approximate surface area is 384 Å². The van der Waals surface area contributed by atoms with Gasteiger partial charge >= 0.3 is 0 Å². The van der Waals surface area contributed by atoms with Gasteiger partial charge in [-0.2, -0.15) is 5.26 Å². The Balaban J connectivity index is 0.000000295. The van der Waals surface area contributed by atoms with Gasteiger partial charge in [0.1, 0.15) is 23.2 Å². The van der Waals surface area contributed by atoms with Gasteiger partial charge in [-0.3, -0.25) is 29.9 Å². The van der Waals surface area contributed by atoms with E-state index in [1.165, 1.54) is 0 Å². The van der Waals surface area contributed by atoms with Crippen molar-refractivity contribution in [3.05, 3.63) is 207 Å². The van der Waals surface area contributed by atoms with Crippen LogP contribution in [0.3, 0.4) is 0 Å². The molecular weight excluding hydrogens is 870 g/mol. The predicted molar refractivity (Wildman–Crippen MR) is 252 cm³/mol. The Kier molecular flexibility index (Phi) is 21.4. The number of ether oxygens (including phenoxy) is 1. The maximum absolute atomic E-state index is 10.5. The summed E-state index contributed by atoms with van der Waals surface area (Å²) in [6.45, 7) is 21.7. The number of hydrogen-bond acceptors (Lipinski definition) is 10. The molecule has 63 heavy (non-hydrogen) atoms. The molecule has 10 nitrogen and oxygen atoms in total. The number of allylic oxidation sites excluding steroid dienone is 2. The van der Waals surface area contributed by atoms with Crippen molar-refractivity contribution in [1.82, 2.24) is 29.9 Å². The van der Waals surface area contributed by atoms with Crippen molar-refractivity contribution in [3.8, 4) is 46.0 Å². The third kappa shape index (κ3) is 14.2. The van der Waals surface area contributed by atoms with E-state index >= 15 is 0 Å². The Morgan fingerprint density at radius 1 is 0.635 bits per heavy atom. The second-order valence-electron chi connectivity index (χ2n) is 13.1. The van der Waals surface area contributed by atoms with Crippen LogP contribution in [0.15, 0.2) is 191 Å². The molecule has 0 fully saturated rings. The zero-order valence-corrected chi connectivity index (χ0v) is 37.9. The molecule has 11 heteroatoms. The number of nitriles is 1. The number of benzene rings is 1. The van der Waals surface area contributed by atoms with E-state index < -0.39 is 6.10 Å². The molecule has 0 amide bonds. The first-order valence-electron chi connectivity index (χ1n) is 20.0. The summed E-state index contributed by atoms with van der Waals surface area (Å²) in [7, 11) is 0. The van der Waals surface area contributed by atoms with E-state index in [2.05, 4.69) is 81.0 Å². The van der Waals surface area contributed by atoms with Crippen LogP contribution in [-0.4, -0.2) is 54.2 Å². The third-order valence-electron chi connectivity index (χ3n) is 9.13. The number of aryl methyl sites for hydroxylation is 1. The largest absolute Gasteiger partial charge is 0.455 e. The Morgan fingerprint density at radius 3 is 1.51 bits per heavy atom. The number of nitrogens with zero attached hydrogens (tertiary/aromatic N) is 8. The average molecular weight is 922 g/mol. The van der Waals surface area contributed by atoms with Crippen LogP contribution in [-0.2, 0) is 19.5 Å². The molecule has 0 saturated heterocycles. The Bertz CT molecular complexity index is 2390. The van der Waals surface area contributed by atoms with Crippen LogP contribution >= 0.6 is 0 Å². The molecule has 320 valence electrons. The van der Waals surface area contributed by atoms with E-state index in [0.29, 0.717) is 33.9 Å². The molecule has 1 N–H and O–H groups in total. The number of aliphatic hydroxyl groups excluding tert-OH is 1. The van der Waals surface area contributed by atoms with Crippen LogP contribution in [0.25, 0.3) is 45.3 Å². The second kappa shape index (κ2) is 26.9. The zero-order chi connectivity index (χ0) is 44.7. The molecule has 1 unspecified atom stereocenters. The van der Waals surface area contributed by atoms with Crippen LogP contribution in [0.4, 0.5) is 5.69 Å². The van der Waals surface area contributed by atoms with E-state index in [1.807, 2.05) is 116 Å². The summed E-state index contributed by atoms with van der Waals surface area (Å²) in [5, 5.41) is 20.6. The monoisotopic (exact) mass is 922 g/mol. The smallest absolute Gasteiger partial charge is 0.146 e. The van der Waals surface area contributed by atoms with Crippen LogP contribution in [0, 0.1) is 18.3 Å². The summed E-state index contributed by atoms with van der Waals surface area (Å²) in [4.78, 5) is 27.8. The van der Waals surface area contributed by atoms with Gasteiger partial charge in [0, 0.05) is 87.1 Å². The topological polar surface area (TPSA) is 134 Å². The first-order chi connectivity index (χ1) is 30.4. The maximum Gasteiger partial charge on any atom is 0.146 e. The fraction of sp³-hybridized carbons (Fsp3) is 0.135. The number of pyridine rings is 6. The minimum absolute atomic E-state index is 0. The standard InChI is InChI=1S/C28H28N4O2.2C10H8N2.2C2H4.Ru/c1-5-32(6-2)21-7-8-22-23(19(4)33)16-28(34-27(22)15-21)24(17-29)20-10-12-31-26(14-20)25-13-18(3)9-11-30-25;2*1-3-7-11-9(5-1)10-6-2-4-8-12-10;2*1-2;/h7-16,19,33H,5-6H2,1-4H3;2*1-8H;2*1-2H2;/b28-24-;;;;;. The van der Waals surface area contributed by atoms with Crippen molar-refractivity contribution in [1.29, 1.82) is 5.26 Å². The molecule has 1 atom stereocenters. The number of rotatable bonds is 8. The van der Waals surface area contributed by atoms with E-state index in [1.54, 1.807) is 56.2 Å². The van der Waals surface area contributed by atoms with E-state index in [0.717, 1.165) is 58.4 Å². The molecule has 0 aliphatic carbocycles. The van der Waals surface area contributed by atoms with Gasteiger partial charge in [-0.25, -0.2) is 0 Å². The van der Waals surface area contributed by atoms with E-state index in [4.69, 9.17) is 4.74 Å². The normalized spacial score (nSPS) is 11.8. The SMILES string of the molecule is C=C.C=C.CCN(CC)c1ccc2c(c1)O/C(=C(/C#N)c1ccnc(-c3cc(C)ccn3)c1)C=C2C(C)O.[Ru].c1ccc(-c2ccccn2)nc1.c1ccc(-c2ccccn2)nc1. The summed E-state index contributed by atoms with van der Waals surface area (Å²) in [6, 6.07) is 39.0. The minimum Gasteiger partial charge on any atom is -0.455 e. The summed E-state index contributed by atoms with van der Waals surface area (Å²) in [6.07, 6.45) is 11.5. The number of aromatic nitrogens is 6. The van der Waals surface area contributed by atoms with Crippen molar-refractivity contribution in [2.45, 2.75) is 33.8 Å². The molecule has 1 aliphatic heterocycles. The van der Waals surface area contributed by atoms with Crippen LogP contribution in [0.2, 0.25) is 0 Å². The fourth-order valence-corrected chi connectivity index (χ4v) is 6.18. The maximum atomic E-state index is 10.5. The first kappa shape index (κ1) is 50.1. The van der Waals surface area contributed by atoms with Crippen LogP contribution in [0.1, 0.15) is 37.5 Å².